The van der Waals surface area contributed by atoms with Gasteiger partial charge in [0.15, 0.2) is 12.3 Å². The molecule has 16 heavy (non-hydrogen) atoms. The average Bonchev–Trinajstić information content (AvgIpc) is 2.42. The summed E-state index contributed by atoms with van der Waals surface area (Å²) >= 11 is 0. The lowest BCUT2D eigenvalue weighted by molar-refractivity contribution is -0.426. The Bertz CT molecular complexity index is 444. The molecule has 0 unspecified atom stereocenters. The van der Waals surface area contributed by atoms with Crippen molar-refractivity contribution in [3.8, 4) is 0 Å². The number of para-hydroxylation sites is 1. The highest BCUT2D eigenvalue weighted by Gasteiger charge is 2.41. The predicted octanol–water partition coefficient (Wildman–Crippen LogP) is 0.273. The van der Waals surface area contributed by atoms with E-state index in [1.807, 2.05) is 6.08 Å². The average molecular weight is 327 g/mol. The molecule has 0 aliphatic carbocycles. The van der Waals surface area contributed by atoms with Crippen LogP contribution in [0.25, 0.3) is 0 Å². The molecule has 0 radical (unpaired) electrons. The topological polar surface area (TPSA) is 3.01 Å². The van der Waals surface area contributed by atoms with Crippen LogP contribution in [0.2, 0.25) is 0 Å². The smallest absolute Gasteiger partial charge is 0.209 e. The van der Waals surface area contributed by atoms with Gasteiger partial charge in [-0.15, -0.1) is 0 Å². The molecule has 1 aliphatic heterocycles. The minimum atomic E-state index is 0. The van der Waals surface area contributed by atoms with Crippen molar-refractivity contribution in [1.82, 2.24) is 0 Å². The van der Waals surface area contributed by atoms with Crippen LogP contribution in [0.1, 0.15) is 26.3 Å². The zero-order valence-electron chi connectivity index (χ0n) is 10.1. The van der Waals surface area contributed by atoms with Gasteiger partial charge in [0.1, 0.15) is 0 Å². The number of halogens is 1. The summed E-state index contributed by atoms with van der Waals surface area (Å²) in [6.07, 6.45) is 1.96. The normalized spacial score (nSPS) is 16.7. The van der Waals surface area contributed by atoms with Gasteiger partial charge in [0.2, 0.25) is 5.69 Å². The van der Waals surface area contributed by atoms with Crippen LogP contribution in [0.5, 0.6) is 0 Å². The fourth-order valence-corrected chi connectivity index (χ4v) is 2.31. The first-order valence-electron chi connectivity index (χ1n) is 5.41. The maximum absolute atomic E-state index is 3.82. The minimum Gasteiger partial charge on any atom is -1.00 e. The van der Waals surface area contributed by atoms with Crippen LogP contribution in [0.4, 0.5) is 5.69 Å². The van der Waals surface area contributed by atoms with Crippen LogP contribution in [0, 0.1) is 0 Å². The molecule has 2 heteroatoms. The van der Waals surface area contributed by atoms with Crippen molar-refractivity contribution < 1.29 is 28.6 Å². The molecular weight excluding hydrogens is 309 g/mol. The molecule has 0 bridgehead atoms. The van der Waals surface area contributed by atoms with E-state index in [9.17, 15) is 0 Å². The van der Waals surface area contributed by atoms with Gasteiger partial charge < -0.3 is 24.0 Å². The van der Waals surface area contributed by atoms with E-state index in [-0.39, 0.29) is 29.4 Å². The summed E-state index contributed by atoms with van der Waals surface area (Å²) in [5.41, 5.74) is 4.31. The Morgan fingerprint density at radius 1 is 1.31 bits per heavy atom. The monoisotopic (exact) mass is 327 g/mol. The number of hydrogen-bond acceptors (Lipinski definition) is 0. The maximum atomic E-state index is 3.82. The third kappa shape index (κ3) is 1.83. The molecule has 0 amide bonds. The summed E-state index contributed by atoms with van der Waals surface area (Å²) in [7, 11) is 0. The fourth-order valence-electron chi connectivity index (χ4n) is 2.31. The van der Waals surface area contributed by atoms with Gasteiger partial charge in [-0.1, -0.05) is 24.8 Å². The first kappa shape index (κ1) is 13.4. The molecule has 1 aliphatic rings. The van der Waals surface area contributed by atoms with Crippen molar-refractivity contribution in [3.05, 3.63) is 42.5 Å². The summed E-state index contributed by atoms with van der Waals surface area (Å²) in [6.45, 7) is 11.5. The van der Waals surface area contributed by atoms with E-state index in [4.69, 9.17) is 0 Å². The third-order valence-corrected chi connectivity index (χ3v) is 3.49. The van der Waals surface area contributed by atoms with Gasteiger partial charge in [-0.05, 0) is 19.9 Å². The van der Waals surface area contributed by atoms with Gasteiger partial charge in [-0.2, -0.15) is 4.58 Å². The Morgan fingerprint density at radius 3 is 2.56 bits per heavy atom. The molecule has 86 valence electrons. The summed E-state index contributed by atoms with van der Waals surface area (Å²) < 4.78 is 2.35. The Kier molecular flexibility index (Phi) is 3.94. The van der Waals surface area contributed by atoms with Crippen molar-refractivity contribution in [3.63, 3.8) is 0 Å². The molecule has 1 aromatic rings. The molecule has 0 fully saturated rings. The largest absolute Gasteiger partial charge is 1.00 e. The van der Waals surface area contributed by atoms with Crippen molar-refractivity contribution >= 4 is 11.4 Å². The number of fused-ring (bicyclic) bond motifs is 1. The van der Waals surface area contributed by atoms with Crippen LogP contribution in [-0.2, 0) is 5.41 Å². The Hall–Kier alpha value is -0.640. The Balaban J connectivity index is 0.00000128. The lowest BCUT2D eigenvalue weighted by Gasteiger charge is -2.14. The molecule has 0 N–H and O–H groups in total. The van der Waals surface area contributed by atoms with Gasteiger partial charge in [0, 0.05) is 18.6 Å². The highest BCUT2D eigenvalue weighted by molar-refractivity contribution is 5.93. The van der Waals surface area contributed by atoms with Crippen LogP contribution < -0.4 is 24.0 Å². The Labute approximate surface area is 115 Å². The van der Waals surface area contributed by atoms with Gasteiger partial charge in [0.05, 0.1) is 5.41 Å². The number of hydrogen-bond donors (Lipinski definition) is 0. The second kappa shape index (κ2) is 4.70. The van der Waals surface area contributed by atoms with Crippen LogP contribution >= 0.6 is 0 Å². The van der Waals surface area contributed by atoms with Gasteiger partial charge in [-0.25, -0.2) is 0 Å². The summed E-state index contributed by atoms with van der Waals surface area (Å²) in [6, 6.07) is 8.63. The number of nitrogens with zero attached hydrogens (tertiary/aromatic N) is 1. The lowest BCUT2D eigenvalue weighted by atomic mass is 9.82. The van der Waals surface area contributed by atoms with Gasteiger partial charge in [-0.3, -0.25) is 0 Å². The summed E-state index contributed by atoms with van der Waals surface area (Å²) in [4.78, 5) is 0. The first-order chi connectivity index (χ1) is 7.09. The predicted molar refractivity (Wildman–Crippen MR) is 65.1 cm³/mol. The molecule has 1 aromatic carbocycles. The van der Waals surface area contributed by atoms with E-state index < -0.39 is 0 Å². The first-order valence-corrected chi connectivity index (χ1v) is 5.41. The van der Waals surface area contributed by atoms with Crippen molar-refractivity contribution in [1.29, 1.82) is 0 Å². The van der Waals surface area contributed by atoms with Crippen LogP contribution in [0.15, 0.2) is 36.9 Å². The minimum absolute atomic E-state index is 0. The number of benzene rings is 1. The quantitative estimate of drug-likeness (QED) is 0.417. The number of rotatable bonds is 2. The molecule has 1 heterocycles. The van der Waals surface area contributed by atoms with Crippen molar-refractivity contribution in [2.45, 2.75) is 26.2 Å². The van der Waals surface area contributed by atoms with E-state index in [0.717, 1.165) is 6.54 Å². The molecule has 2 rings (SSSR count). The summed E-state index contributed by atoms with van der Waals surface area (Å²) in [5.74, 6) is 0. The van der Waals surface area contributed by atoms with Gasteiger partial charge >= 0.3 is 0 Å². The molecule has 0 atom stereocenters. The fraction of sp³-hybridized carbons (Fsp3) is 0.357. The van der Waals surface area contributed by atoms with E-state index in [1.165, 1.54) is 17.0 Å². The highest BCUT2D eigenvalue weighted by Crippen LogP contribution is 2.38. The zero-order valence-corrected chi connectivity index (χ0v) is 12.3. The lowest BCUT2D eigenvalue weighted by Crippen LogP contribution is -3.00. The van der Waals surface area contributed by atoms with E-state index in [0.29, 0.717) is 0 Å². The summed E-state index contributed by atoms with van der Waals surface area (Å²) in [5, 5.41) is 0. The Morgan fingerprint density at radius 2 is 1.94 bits per heavy atom. The van der Waals surface area contributed by atoms with E-state index in [1.54, 1.807) is 0 Å². The van der Waals surface area contributed by atoms with Crippen LogP contribution in [0.3, 0.4) is 0 Å². The van der Waals surface area contributed by atoms with Gasteiger partial charge in [0.25, 0.3) is 0 Å². The second-order valence-corrected chi connectivity index (χ2v) is 4.63. The standard InChI is InChI=1S/C14H18N.HI/c1-5-10-15-11(2)14(3,4)12-8-6-7-9-13(12)15;/h5-9H,1,10H2,2-4H3;1H/q+1;/p-1. The molecule has 1 nitrogen and oxygen atoms in total. The molecule has 0 spiro atoms. The maximum Gasteiger partial charge on any atom is 0.209 e. The molecule has 0 aromatic heterocycles. The second-order valence-electron chi connectivity index (χ2n) is 4.63. The SMILES string of the molecule is C=CC[N+]1=C(C)C(C)(C)c2ccccc21.[I-]. The van der Waals surface area contributed by atoms with E-state index >= 15 is 0 Å². The molecule has 0 saturated carbocycles. The van der Waals surface area contributed by atoms with E-state index in [2.05, 4.69) is 56.2 Å². The third-order valence-electron chi connectivity index (χ3n) is 3.49. The van der Waals surface area contributed by atoms with Crippen LogP contribution in [-0.4, -0.2) is 16.8 Å². The van der Waals surface area contributed by atoms with Crippen molar-refractivity contribution in [2.75, 3.05) is 6.54 Å². The molecule has 0 saturated heterocycles. The zero-order chi connectivity index (χ0) is 11.1. The molecular formula is C14H18IN. The van der Waals surface area contributed by atoms with Crippen molar-refractivity contribution in [2.24, 2.45) is 0 Å². The highest BCUT2D eigenvalue weighted by atomic mass is 127.